The van der Waals surface area contributed by atoms with E-state index in [1.54, 1.807) is 0 Å². The van der Waals surface area contributed by atoms with Gasteiger partial charge >= 0.3 is 0 Å². The minimum atomic E-state index is 0.0475. The van der Waals surface area contributed by atoms with Crippen LogP contribution in [0.1, 0.15) is 45.0 Å². The van der Waals surface area contributed by atoms with Crippen LogP contribution in [0.2, 0.25) is 0 Å². The zero-order chi connectivity index (χ0) is 12.4. The number of aromatic nitrogens is 3. The Hall–Kier alpha value is -1.17. The molecule has 1 aliphatic rings. The SMILES string of the molecule is CCC(C)C(=O)NCc1n[nH]c(=S)n1C1CC1. The van der Waals surface area contributed by atoms with Gasteiger partial charge in [0.25, 0.3) is 0 Å². The van der Waals surface area contributed by atoms with Gasteiger partial charge in [0.1, 0.15) is 0 Å². The van der Waals surface area contributed by atoms with Crippen molar-refractivity contribution in [2.24, 2.45) is 5.92 Å². The highest BCUT2D eigenvalue weighted by molar-refractivity contribution is 7.71. The van der Waals surface area contributed by atoms with Crippen molar-refractivity contribution in [1.82, 2.24) is 20.1 Å². The highest BCUT2D eigenvalue weighted by atomic mass is 32.1. The number of hydrogen-bond donors (Lipinski definition) is 2. The van der Waals surface area contributed by atoms with Crippen LogP contribution in [0.25, 0.3) is 0 Å². The third-order valence-corrected chi connectivity index (χ3v) is 3.46. The average molecular weight is 254 g/mol. The predicted octanol–water partition coefficient (Wildman–Crippen LogP) is 1.94. The zero-order valence-corrected chi connectivity index (χ0v) is 11.0. The van der Waals surface area contributed by atoms with E-state index in [9.17, 15) is 4.79 Å². The molecule has 1 aromatic rings. The molecule has 0 spiro atoms. The van der Waals surface area contributed by atoms with Gasteiger partial charge in [-0.05, 0) is 31.5 Å². The molecule has 0 bridgehead atoms. The summed E-state index contributed by atoms with van der Waals surface area (Å²) in [6.45, 7) is 4.38. The Labute approximate surface area is 106 Å². The third-order valence-electron chi connectivity index (χ3n) is 3.17. The molecule has 1 heterocycles. The first-order valence-electron chi connectivity index (χ1n) is 6.07. The van der Waals surface area contributed by atoms with Gasteiger partial charge in [-0.3, -0.25) is 14.5 Å². The van der Waals surface area contributed by atoms with Crippen molar-refractivity contribution < 1.29 is 4.79 Å². The summed E-state index contributed by atoms with van der Waals surface area (Å²) < 4.78 is 2.67. The van der Waals surface area contributed by atoms with Crippen molar-refractivity contribution in [3.05, 3.63) is 10.6 Å². The second kappa shape index (κ2) is 5.00. The van der Waals surface area contributed by atoms with Crippen LogP contribution >= 0.6 is 12.2 Å². The number of aromatic amines is 1. The molecule has 17 heavy (non-hydrogen) atoms. The molecule has 0 aliphatic heterocycles. The molecular formula is C11H18N4OS. The normalized spacial score (nSPS) is 16.8. The minimum absolute atomic E-state index is 0.0475. The highest BCUT2D eigenvalue weighted by Crippen LogP contribution is 2.35. The maximum absolute atomic E-state index is 11.7. The molecule has 5 nitrogen and oxygen atoms in total. The molecule has 0 aromatic carbocycles. The fraction of sp³-hybridized carbons (Fsp3) is 0.727. The number of hydrogen-bond acceptors (Lipinski definition) is 3. The lowest BCUT2D eigenvalue weighted by molar-refractivity contribution is -0.124. The van der Waals surface area contributed by atoms with Crippen LogP contribution < -0.4 is 5.32 Å². The Kier molecular flexibility index (Phi) is 3.61. The maximum Gasteiger partial charge on any atom is 0.223 e. The molecule has 1 fully saturated rings. The van der Waals surface area contributed by atoms with E-state index in [2.05, 4.69) is 15.5 Å². The summed E-state index contributed by atoms with van der Waals surface area (Å²) in [7, 11) is 0. The standard InChI is InChI=1S/C11H18N4OS/c1-3-7(2)10(16)12-6-9-13-14-11(17)15(9)8-4-5-8/h7-8H,3-6H2,1-2H3,(H,12,16)(H,14,17). The lowest BCUT2D eigenvalue weighted by atomic mass is 10.1. The molecule has 2 N–H and O–H groups in total. The number of amides is 1. The summed E-state index contributed by atoms with van der Waals surface area (Å²) in [5.74, 6) is 0.948. The summed E-state index contributed by atoms with van der Waals surface area (Å²) in [6.07, 6.45) is 3.15. The largest absolute Gasteiger partial charge is 0.349 e. The van der Waals surface area contributed by atoms with Crippen molar-refractivity contribution in [3.8, 4) is 0 Å². The Balaban J connectivity index is 1.99. The summed E-state index contributed by atoms with van der Waals surface area (Å²) in [5, 5.41) is 9.85. The molecule has 0 saturated heterocycles. The van der Waals surface area contributed by atoms with Gasteiger partial charge in [0.15, 0.2) is 10.6 Å². The summed E-state index contributed by atoms with van der Waals surface area (Å²) in [6, 6.07) is 0.483. The van der Waals surface area contributed by atoms with Gasteiger partial charge in [-0.1, -0.05) is 13.8 Å². The average Bonchev–Trinajstić information content (AvgIpc) is 3.09. The molecule has 94 valence electrons. The summed E-state index contributed by atoms with van der Waals surface area (Å²) >= 11 is 5.18. The molecule has 6 heteroatoms. The zero-order valence-electron chi connectivity index (χ0n) is 10.2. The van der Waals surface area contributed by atoms with Gasteiger partial charge in [0.05, 0.1) is 6.54 Å². The first kappa shape index (κ1) is 12.3. The Morgan fingerprint density at radius 3 is 3.00 bits per heavy atom. The molecule has 1 unspecified atom stereocenters. The molecule has 1 aromatic heterocycles. The molecule has 1 saturated carbocycles. The van der Waals surface area contributed by atoms with E-state index in [1.165, 1.54) is 0 Å². The van der Waals surface area contributed by atoms with Gasteiger partial charge in [-0.25, -0.2) is 0 Å². The number of H-pyrrole nitrogens is 1. The fourth-order valence-corrected chi connectivity index (χ4v) is 2.00. The topological polar surface area (TPSA) is 62.7 Å². The minimum Gasteiger partial charge on any atom is -0.349 e. The second-order valence-electron chi connectivity index (χ2n) is 4.57. The van der Waals surface area contributed by atoms with E-state index < -0.39 is 0 Å². The van der Waals surface area contributed by atoms with Gasteiger partial charge in [-0.15, -0.1) is 0 Å². The summed E-state index contributed by atoms with van der Waals surface area (Å²) in [4.78, 5) is 11.7. The molecule has 1 aliphatic carbocycles. The van der Waals surface area contributed by atoms with Crippen molar-refractivity contribution in [2.45, 2.75) is 45.7 Å². The molecule has 0 radical (unpaired) electrons. The van der Waals surface area contributed by atoms with Crippen molar-refractivity contribution >= 4 is 18.1 Å². The van der Waals surface area contributed by atoms with Crippen LogP contribution in [0, 0.1) is 10.7 Å². The van der Waals surface area contributed by atoms with Crippen LogP contribution in [0.3, 0.4) is 0 Å². The van der Waals surface area contributed by atoms with Gasteiger partial charge in [0.2, 0.25) is 5.91 Å². The third kappa shape index (κ3) is 2.74. The van der Waals surface area contributed by atoms with E-state index in [0.717, 1.165) is 25.1 Å². The van der Waals surface area contributed by atoms with Crippen LogP contribution in [-0.4, -0.2) is 20.7 Å². The fourth-order valence-electron chi connectivity index (χ4n) is 1.70. The number of carbonyl (C=O) groups excluding carboxylic acids is 1. The number of rotatable bonds is 5. The van der Waals surface area contributed by atoms with E-state index >= 15 is 0 Å². The van der Waals surface area contributed by atoms with Crippen molar-refractivity contribution in [2.75, 3.05) is 0 Å². The predicted molar refractivity (Wildman–Crippen MR) is 67.0 cm³/mol. The molecule has 2 rings (SSSR count). The Morgan fingerprint density at radius 1 is 1.71 bits per heavy atom. The molecule has 1 amide bonds. The Bertz CT molecular complexity index is 460. The van der Waals surface area contributed by atoms with E-state index in [1.807, 2.05) is 18.4 Å². The summed E-state index contributed by atoms with van der Waals surface area (Å²) in [5.41, 5.74) is 0. The lowest BCUT2D eigenvalue weighted by Crippen LogP contribution is -2.29. The van der Waals surface area contributed by atoms with Gasteiger partial charge < -0.3 is 5.32 Å². The van der Waals surface area contributed by atoms with Gasteiger partial charge in [0, 0.05) is 12.0 Å². The second-order valence-corrected chi connectivity index (χ2v) is 4.96. The van der Waals surface area contributed by atoms with Crippen LogP contribution in [0.4, 0.5) is 0 Å². The quantitative estimate of drug-likeness (QED) is 0.789. The van der Waals surface area contributed by atoms with E-state index in [4.69, 9.17) is 12.2 Å². The van der Waals surface area contributed by atoms with Crippen molar-refractivity contribution in [1.29, 1.82) is 0 Å². The van der Waals surface area contributed by atoms with E-state index in [0.29, 0.717) is 17.4 Å². The smallest absolute Gasteiger partial charge is 0.223 e. The van der Waals surface area contributed by atoms with Crippen LogP contribution in [0.15, 0.2) is 0 Å². The first-order chi connectivity index (χ1) is 8.13. The number of nitrogens with one attached hydrogen (secondary N) is 2. The molecular weight excluding hydrogens is 236 g/mol. The maximum atomic E-state index is 11.7. The number of carbonyl (C=O) groups is 1. The number of nitrogens with zero attached hydrogens (tertiary/aromatic N) is 2. The molecule has 1 atom stereocenters. The van der Waals surface area contributed by atoms with Crippen LogP contribution in [-0.2, 0) is 11.3 Å². The van der Waals surface area contributed by atoms with E-state index in [-0.39, 0.29) is 11.8 Å². The van der Waals surface area contributed by atoms with Crippen molar-refractivity contribution in [3.63, 3.8) is 0 Å². The van der Waals surface area contributed by atoms with Gasteiger partial charge in [-0.2, -0.15) is 5.10 Å². The lowest BCUT2D eigenvalue weighted by Gasteiger charge is -2.10. The highest BCUT2D eigenvalue weighted by Gasteiger charge is 2.27. The van der Waals surface area contributed by atoms with Crippen LogP contribution in [0.5, 0.6) is 0 Å². The first-order valence-corrected chi connectivity index (χ1v) is 6.47. The Morgan fingerprint density at radius 2 is 2.41 bits per heavy atom. The monoisotopic (exact) mass is 254 g/mol.